The van der Waals surface area contributed by atoms with E-state index in [9.17, 15) is 0 Å². The first-order valence-corrected chi connectivity index (χ1v) is 11.6. The van der Waals surface area contributed by atoms with Gasteiger partial charge in [-0.2, -0.15) is 0 Å². The zero-order chi connectivity index (χ0) is 20.7. The van der Waals surface area contributed by atoms with Crippen LogP contribution >= 0.6 is 0 Å². The van der Waals surface area contributed by atoms with Gasteiger partial charge in [0.25, 0.3) is 0 Å². The maximum Gasteiger partial charge on any atom is -0.0144 e. The second kappa shape index (κ2) is 10.8. The molecule has 2 rings (SSSR count). The van der Waals surface area contributed by atoms with Crippen LogP contribution < -0.4 is 0 Å². The minimum absolute atomic E-state index is 0.546. The summed E-state index contributed by atoms with van der Waals surface area (Å²) in [6.07, 6.45) is 9.41. The molecule has 0 aromatic heterocycles. The third kappa shape index (κ3) is 5.72. The van der Waals surface area contributed by atoms with Crippen LogP contribution in [0.5, 0.6) is 0 Å². The molecule has 0 atom stereocenters. The van der Waals surface area contributed by atoms with Gasteiger partial charge in [0.1, 0.15) is 0 Å². The van der Waals surface area contributed by atoms with Gasteiger partial charge >= 0.3 is 0 Å². The van der Waals surface area contributed by atoms with Crippen molar-refractivity contribution in [2.45, 2.75) is 105 Å². The Morgan fingerprint density at radius 1 is 0.714 bits per heavy atom. The van der Waals surface area contributed by atoms with Crippen molar-refractivity contribution in [3.05, 3.63) is 58.1 Å². The van der Waals surface area contributed by atoms with Crippen molar-refractivity contribution < 1.29 is 0 Å². The Bertz CT molecular complexity index is 749. The summed E-state index contributed by atoms with van der Waals surface area (Å²) in [4.78, 5) is 0. The molecule has 2 aromatic carbocycles. The van der Waals surface area contributed by atoms with Crippen LogP contribution in [-0.4, -0.2) is 0 Å². The van der Waals surface area contributed by atoms with Crippen LogP contribution in [0.1, 0.15) is 113 Å². The van der Waals surface area contributed by atoms with E-state index in [1.54, 1.807) is 16.7 Å². The molecule has 0 aliphatic rings. The Morgan fingerprint density at radius 2 is 1.36 bits per heavy atom. The summed E-state index contributed by atoms with van der Waals surface area (Å²) < 4.78 is 0. The van der Waals surface area contributed by atoms with Crippen molar-refractivity contribution in [2.24, 2.45) is 0 Å². The first kappa shape index (κ1) is 22.7. The third-order valence-corrected chi connectivity index (χ3v) is 6.05. The van der Waals surface area contributed by atoms with Gasteiger partial charge in [-0.25, -0.2) is 0 Å². The lowest BCUT2D eigenvalue weighted by atomic mass is 9.80. The van der Waals surface area contributed by atoms with E-state index in [0.29, 0.717) is 11.8 Å². The average molecular weight is 379 g/mol. The van der Waals surface area contributed by atoms with Crippen molar-refractivity contribution in [2.75, 3.05) is 0 Å². The van der Waals surface area contributed by atoms with Gasteiger partial charge in [-0.3, -0.25) is 0 Å². The third-order valence-electron chi connectivity index (χ3n) is 6.05. The molecule has 0 radical (unpaired) electrons. The number of benzene rings is 2. The van der Waals surface area contributed by atoms with Crippen LogP contribution in [0.3, 0.4) is 0 Å². The summed E-state index contributed by atoms with van der Waals surface area (Å²) >= 11 is 0. The Balaban J connectivity index is 2.42. The molecular formula is C28H42. The first-order chi connectivity index (χ1) is 13.4. The van der Waals surface area contributed by atoms with Gasteiger partial charge in [0.15, 0.2) is 0 Å². The standard InChI is InChI=1S/C28H42/c1-8-9-10-11-12-13-14-26-24(20(2)3)17-18-27(28(26)21(4)5)25-16-15-22(6)19-23(25)7/h15-21H,8-14H2,1-7H3. The molecule has 0 unspecified atom stereocenters. The van der Waals surface area contributed by atoms with Crippen LogP contribution in [0.2, 0.25) is 0 Å². The fourth-order valence-corrected chi connectivity index (χ4v) is 4.59. The van der Waals surface area contributed by atoms with Gasteiger partial charge in [-0.05, 0) is 71.9 Å². The lowest BCUT2D eigenvalue weighted by molar-refractivity contribution is 0.603. The van der Waals surface area contributed by atoms with Gasteiger partial charge in [0, 0.05) is 0 Å². The predicted octanol–water partition coefficient (Wildman–Crippen LogP) is 9.12. The molecule has 0 nitrogen and oxygen atoms in total. The molecule has 2 aromatic rings. The second-order valence-electron chi connectivity index (χ2n) is 9.24. The minimum Gasteiger partial charge on any atom is -0.0654 e. The Hall–Kier alpha value is -1.56. The molecule has 0 aliphatic heterocycles. The molecule has 0 amide bonds. The van der Waals surface area contributed by atoms with Crippen molar-refractivity contribution in [1.82, 2.24) is 0 Å². The van der Waals surface area contributed by atoms with Crippen LogP contribution in [0, 0.1) is 13.8 Å². The van der Waals surface area contributed by atoms with Gasteiger partial charge in [-0.15, -0.1) is 0 Å². The molecule has 0 saturated carbocycles. The monoisotopic (exact) mass is 378 g/mol. The smallest absolute Gasteiger partial charge is 0.0144 e. The van der Waals surface area contributed by atoms with Crippen LogP contribution in [0.4, 0.5) is 0 Å². The highest BCUT2D eigenvalue weighted by molar-refractivity contribution is 5.73. The molecule has 28 heavy (non-hydrogen) atoms. The first-order valence-electron chi connectivity index (χ1n) is 11.6. The van der Waals surface area contributed by atoms with E-state index in [0.717, 1.165) is 0 Å². The number of rotatable bonds is 10. The lowest BCUT2D eigenvalue weighted by Crippen LogP contribution is -2.07. The van der Waals surface area contributed by atoms with Crippen molar-refractivity contribution in [3.8, 4) is 11.1 Å². The predicted molar refractivity (Wildman–Crippen MR) is 127 cm³/mol. The van der Waals surface area contributed by atoms with Crippen LogP contribution in [-0.2, 0) is 6.42 Å². The van der Waals surface area contributed by atoms with Crippen LogP contribution in [0.15, 0.2) is 30.3 Å². The largest absolute Gasteiger partial charge is 0.0654 e. The normalized spacial score (nSPS) is 11.6. The van der Waals surface area contributed by atoms with Crippen molar-refractivity contribution in [1.29, 1.82) is 0 Å². The highest BCUT2D eigenvalue weighted by Crippen LogP contribution is 2.38. The van der Waals surface area contributed by atoms with Crippen molar-refractivity contribution in [3.63, 3.8) is 0 Å². The summed E-state index contributed by atoms with van der Waals surface area (Å²) in [5.41, 5.74) is 10.4. The fourth-order valence-electron chi connectivity index (χ4n) is 4.59. The van der Waals surface area contributed by atoms with Gasteiger partial charge < -0.3 is 0 Å². The Labute approximate surface area is 174 Å². The molecule has 154 valence electrons. The van der Waals surface area contributed by atoms with Crippen LogP contribution in [0.25, 0.3) is 11.1 Å². The molecule has 0 bridgehead atoms. The van der Waals surface area contributed by atoms with Gasteiger partial charge in [-0.1, -0.05) is 103 Å². The maximum absolute atomic E-state index is 2.41. The summed E-state index contributed by atoms with van der Waals surface area (Å²) in [5, 5.41) is 0. The number of hydrogen-bond acceptors (Lipinski definition) is 0. The summed E-state index contributed by atoms with van der Waals surface area (Å²) in [7, 11) is 0. The lowest BCUT2D eigenvalue weighted by Gasteiger charge is -2.24. The summed E-state index contributed by atoms with van der Waals surface area (Å²) in [5.74, 6) is 1.13. The molecule has 0 fully saturated rings. The van der Waals surface area contributed by atoms with E-state index < -0.39 is 0 Å². The summed E-state index contributed by atoms with van der Waals surface area (Å²) in [6, 6.07) is 11.7. The highest BCUT2D eigenvalue weighted by Gasteiger charge is 2.19. The number of unbranched alkanes of at least 4 members (excludes halogenated alkanes) is 5. The number of aryl methyl sites for hydroxylation is 2. The van der Waals surface area contributed by atoms with E-state index in [-0.39, 0.29) is 0 Å². The zero-order valence-corrected chi connectivity index (χ0v) is 19.5. The molecule has 0 heterocycles. The molecule has 0 spiro atoms. The van der Waals surface area contributed by atoms with Crippen molar-refractivity contribution >= 4 is 0 Å². The van der Waals surface area contributed by atoms with E-state index in [2.05, 4.69) is 78.8 Å². The zero-order valence-electron chi connectivity index (χ0n) is 19.5. The number of hydrogen-bond donors (Lipinski definition) is 0. The maximum atomic E-state index is 2.41. The highest BCUT2D eigenvalue weighted by atomic mass is 14.2. The van der Waals surface area contributed by atoms with Gasteiger partial charge in [0.2, 0.25) is 0 Å². The quantitative estimate of drug-likeness (QED) is 0.361. The Kier molecular flexibility index (Phi) is 8.80. The molecular weight excluding hydrogens is 336 g/mol. The SMILES string of the molecule is CCCCCCCCc1c(C(C)C)ccc(-c2ccc(C)cc2C)c1C(C)C. The molecule has 0 saturated heterocycles. The van der Waals surface area contributed by atoms with Gasteiger partial charge in [0.05, 0.1) is 0 Å². The topological polar surface area (TPSA) is 0 Å². The molecule has 0 N–H and O–H groups in total. The second-order valence-corrected chi connectivity index (χ2v) is 9.24. The molecule has 0 aliphatic carbocycles. The van der Waals surface area contributed by atoms with E-state index in [1.165, 1.54) is 67.2 Å². The van der Waals surface area contributed by atoms with E-state index in [1.807, 2.05) is 0 Å². The minimum atomic E-state index is 0.546. The average Bonchev–Trinajstić information content (AvgIpc) is 2.63. The molecule has 0 heteroatoms. The Morgan fingerprint density at radius 3 is 1.96 bits per heavy atom. The van der Waals surface area contributed by atoms with E-state index >= 15 is 0 Å². The summed E-state index contributed by atoms with van der Waals surface area (Å²) in [6.45, 7) is 16.2. The fraction of sp³-hybridized carbons (Fsp3) is 0.571. The van der Waals surface area contributed by atoms with E-state index in [4.69, 9.17) is 0 Å².